The van der Waals surface area contributed by atoms with Crippen LogP contribution in [0.3, 0.4) is 0 Å². The lowest BCUT2D eigenvalue weighted by Gasteiger charge is -2.32. The Morgan fingerprint density at radius 1 is 1.15 bits per heavy atom. The summed E-state index contributed by atoms with van der Waals surface area (Å²) in [6, 6.07) is 10.9. The second-order valence-electron chi connectivity index (χ2n) is 6.62. The number of pyridine rings is 1. The maximum Gasteiger partial charge on any atom is 0.231 e. The highest BCUT2D eigenvalue weighted by atomic mass is 16.7. The van der Waals surface area contributed by atoms with Crippen LogP contribution in [0.1, 0.15) is 28.9 Å². The van der Waals surface area contributed by atoms with Crippen molar-refractivity contribution >= 4 is 11.7 Å². The van der Waals surface area contributed by atoms with Gasteiger partial charge in [0.1, 0.15) is 5.69 Å². The number of carbonyl (C=O) groups excluding carboxylic acids is 2. The van der Waals surface area contributed by atoms with Gasteiger partial charge in [-0.15, -0.1) is 0 Å². The highest BCUT2D eigenvalue weighted by Crippen LogP contribution is 2.32. The maximum absolute atomic E-state index is 12.7. The van der Waals surface area contributed by atoms with Crippen molar-refractivity contribution < 1.29 is 19.1 Å². The van der Waals surface area contributed by atoms with Gasteiger partial charge in [0.05, 0.1) is 6.42 Å². The van der Waals surface area contributed by atoms with Gasteiger partial charge in [-0.05, 0) is 42.7 Å². The third kappa shape index (κ3) is 3.40. The van der Waals surface area contributed by atoms with Crippen LogP contribution >= 0.6 is 0 Å². The standard InChI is InChI=1S/C20H20N2O4/c23-19(11-14-6-7-17-18(10-14)26-13-25-17)22-9-3-4-15(12-22)20(24)16-5-1-2-8-21-16/h1-2,5-8,10,15H,3-4,9,11-13H2. The number of hydrogen-bond donors (Lipinski definition) is 0. The molecule has 1 aromatic carbocycles. The van der Waals surface area contributed by atoms with E-state index in [4.69, 9.17) is 9.47 Å². The number of ketones is 1. The number of fused-ring (bicyclic) bond motifs is 1. The van der Waals surface area contributed by atoms with Gasteiger partial charge in [-0.3, -0.25) is 14.6 Å². The molecule has 2 aromatic rings. The minimum absolute atomic E-state index is 0.0196. The number of amides is 1. The van der Waals surface area contributed by atoms with E-state index < -0.39 is 0 Å². The molecule has 1 atom stereocenters. The second kappa shape index (κ2) is 7.15. The summed E-state index contributed by atoms with van der Waals surface area (Å²) >= 11 is 0. The first-order valence-electron chi connectivity index (χ1n) is 8.82. The first-order valence-corrected chi connectivity index (χ1v) is 8.82. The molecule has 6 heteroatoms. The molecule has 0 bridgehead atoms. The van der Waals surface area contributed by atoms with E-state index in [9.17, 15) is 9.59 Å². The van der Waals surface area contributed by atoms with Crippen molar-refractivity contribution in [2.45, 2.75) is 19.3 Å². The number of nitrogens with zero attached hydrogens (tertiary/aromatic N) is 2. The van der Waals surface area contributed by atoms with E-state index in [1.807, 2.05) is 24.3 Å². The Bertz CT molecular complexity index is 822. The molecule has 2 aliphatic rings. The van der Waals surface area contributed by atoms with Crippen molar-refractivity contribution in [3.8, 4) is 11.5 Å². The molecule has 6 nitrogen and oxygen atoms in total. The second-order valence-corrected chi connectivity index (χ2v) is 6.62. The minimum atomic E-state index is -0.181. The van der Waals surface area contributed by atoms with Crippen LogP contribution in [-0.2, 0) is 11.2 Å². The largest absolute Gasteiger partial charge is 0.454 e. The number of ether oxygens (including phenoxy) is 2. The number of rotatable bonds is 4. The lowest BCUT2D eigenvalue weighted by atomic mass is 9.91. The third-order valence-electron chi connectivity index (χ3n) is 4.85. The van der Waals surface area contributed by atoms with Gasteiger partial charge in [-0.1, -0.05) is 12.1 Å². The zero-order valence-corrected chi connectivity index (χ0v) is 14.4. The molecule has 0 N–H and O–H groups in total. The smallest absolute Gasteiger partial charge is 0.231 e. The molecule has 1 saturated heterocycles. The summed E-state index contributed by atoms with van der Waals surface area (Å²) in [7, 11) is 0. The quantitative estimate of drug-likeness (QED) is 0.791. The maximum atomic E-state index is 12.7. The summed E-state index contributed by atoms with van der Waals surface area (Å²) in [4.78, 5) is 31.3. The van der Waals surface area contributed by atoms with E-state index in [0.29, 0.717) is 36.7 Å². The molecular formula is C20H20N2O4. The van der Waals surface area contributed by atoms with Crippen LogP contribution in [0.2, 0.25) is 0 Å². The summed E-state index contributed by atoms with van der Waals surface area (Å²) in [5, 5.41) is 0. The molecule has 1 fully saturated rings. The van der Waals surface area contributed by atoms with Crippen LogP contribution in [0.15, 0.2) is 42.6 Å². The molecule has 1 aromatic heterocycles. The van der Waals surface area contributed by atoms with Crippen LogP contribution in [0.5, 0.6) is 11.5 Å². The Hall–Kier alpha value is -2.89. The molecule has 0 aliphatic carbocycles. The molecule has 1 amide bonds. The van der Waals surface area contributed by atoms with Gasteiger partial charge in [-0.25, -0.2) is 0 Å². The van der Waals surface area contributed by atoms with Gasteiger partial charge >= 0.3 is 0 Å². The fourth-order valence-corrected chi connectivity index (χ4v) is 3.47. The zero-order chi connectivity index (χ0) is 17.9. The van der Waals surface area contributed by atoms with Gasteiger partial charge in [0.25, 0.3) is 0 Å². The van der Waals surface area contributed by atoms with Gasteiger partial charge in [0.2, 0.25) is 12.7 Å². The Morgan fingerprint density at radius 3 is 2.88 bits per heavy atom. The molecule has 1 unspecified atom stereocenters. The Morgan fingerprint density at radius 2 is 2.04 bits per heavy atom. The van der Waals surface area contributed by atoms with Crippen LogP contribution in [0, 0.1) is 5.92 Å². The third-order valence-corrected chi connectivity index (χ3v) is 4.85. The lowest BCUT2D eigenvalue weighted by Crippen LogP contribution is -2.43. The van der Waals surface area contributed by atoms with Gasteiger partial charge in [0, 0.05) is 25.2 Å². The first kappa shape index (κ1) is 16.6. The van der Waals surface area contributed by atoms with E-state index in [0.717, 1.165) is 18.4 Å². The normalized spacial score (nSPS) is 18.6. The van der Waals surface area contributed by atoms with Crippen LogP contribution in [0.4, 0.5) is 0 Å². The average Bonchev–Trinajstić information content (AvgIpc) is 3.16. The van der Waals surface area contributed by atoms with Crippen LogP contribution in [-0.4, -0.2) is 41.5 Å². The number of likely N-dealkylation sites (tertiary alicyclic amines) is 1. The molecule has 4 rings (SSSR count). The van der Waals surface area contributed by atoms with E-state index in [1.165, 1.54) is 0 Å². The minimum Gasteiger partial charge on any atom is -0.454 e. The van der Waals surface area contributed by atoms with Crippen molar-refractivity contribution in [3.05, 3.63) is 53.9 Å². The number of carbonyl (C=O) groups is 2. The van der Waals surface area contributed by atoms with Crippen molar-refractivity contribution in [2.75, 3.05) is 19.9 Å². The number of Topliss-reactive ketones (excluding diaryl/α,β-unsaturated/α-hetero) is 1. The molecule has 2 aliphatic heterocycles. The summed E-state index contributed by atoms with van der Waals surface area (Å²) in [6.07, 6.45) is 3.54. The molecule has 3 heterocycles. The van der Waals surface area contributed by atoms with Crippen molar-refractivity contribution in [3.63, 3.8) is 0 Å². The van der Waals surface area contributed by atoms with Crippen LogP contribution < -0.4 is 9.47 Å². The summed E-state index contributed by atoms with van der Waals surface area (Å²) in [5.41, 5.74) is 1.36. The molecule has 134 valence electrons. The molecule has 0 saturated carbocycles. The number of benzene rings is 1. The van der Waals surface area contributed by atoms with Gasteiger partial charge in [0.15, 0.2) is 17.3 Å². The van der Waals surface area contributed by atoms with E-state index >= 15 is 0 Å². The monoisotopic (exact) mass is 352 g/mol. The first-order chi connectivity index (χ1) is 12.7. The lowest BCUT2D eigenvalue weighted by molar-refractivity contribution is -0.131. The molecule has 0 radical (unpaired) electrons. The summed E-state index contributed by atoms with van der Waals surface area (Å²) in [5.74, 6) is 1.25. The van der Waals surface area contributed by atoms with Gasteiger partial charge in [-0.2, -0.15) is 0 Å². The SMILES string of the molecule is O=C(c1ccccn1)C1CCCN(C(=O)Cc2ccc3c(c2)OCO3)C1. The molecular weight excluding hydrogens is 332 g/mol. The molecule has 0 spiro atoms. The Kier molecular flexibility index (Phi) is 4.56. The predicted molar refractivity (Wildman–Crippen MR) is 94.1 cm³/mol. The van der Waals surface area contributed by atoms with Crippen molar-refractivity contribution in [2.24, 2.45) is 5.92 Å². The number of hydrogen-bond acceptors (Lipinski definition) is 5. The van der Waals surface area contributed by atoms with Gasteiger partial charge < -0.3 is 14.4 Å². The average molecular weight is 352 g/mol. The highest BCUT2D eigenvalue weighted by Gasteiger charge is 2.29. The Labute approximate surface area is 151 Å². The fraction of sp³-hybridized carbons (Fsp3) is 0.350. The summed E-state index contributed by atoms with van der Waals surface area (Å²) < 4.78 is 10.7. The predicted octanol–water partition coefficient (Wildman–Crippen LogP) is 2.47. The van der Waals surface area contributed by atoms with E-state index in [1.54, 1.807) is 23.2 Å². The zero-order valence-electron chi connectivity index (χ0n) is 14.4. The summed E-state index contributed by atoms with van der Waals surface area (Å²) in [6.45, 7) is 1.37. The van der Waals surface area contributed by atoms with E-state index in [-0.39, 0.29) is 24.4 Å². The Balaban J connectivity index is 1.41. The van der Waals surface area contributed by atoms with Crippen molar-refractivity contribution in [1.82, 2.24) is 9.88 Å². The molecule has 26 heavy (non-hydrogen) atoms. The van der Waals surface area contributed by atoms with E-state index in [2.05, 4.69) is 4.98 Å². The van der Waals surface area contributed by atoms with Crippen molar-refractivity contribution in [1.29, 1.82) is 0 Å². The highest BCUT2D eigenvalue weighted by molar-refractivity contribution is 5.96. The fourth-order valence-electron chi connectivity index (χ4n) is 3.47. The van der Waals surface area contributed by atoms with Crippen LogP contribution in [0.25, 0.3) is 0 Å². The number of piperidine rings is 1. The topological polar surface area (TPSA) is 68.7 Å². The number of aromatic nitrogens is 1.